The van der Waals surface area contributed by atoms with Gasteiger partial charge in [-0.15, -0.1) is 0 Å². The highest BCUT2D eigenvalue weighted by Crippen LogP contribution is 2.27. The number of morpholine rings is 1. The normalized spacial score (nSPS) is 21.7. The molecule has 18 heavy (non-hydrogen) atoms. The number of methoxy groups -OCH3 is 1. The minimum atomic E-state index is -0.710. The highest BCUT2D eigenvalue weighted by atomic mass is 19.1. The summed E-state index contributed by atoms with van der Waals surface area (Å²) in [5, 5.41) is 3.10. The summed E-state index contributed by atoms with van der Waals surface area (Å²) in [5.74, 6) is -1.35. The van der Waals surface area contributed by atoms with E-state index in [2.05, 4.69) is 5.32 Å². The number of benzene rings is 1. The molecule has 0 aliphatic carbocycles. The molecule has 1 fully saturated rings. The van der Waals surface area contributed by atoms with Crippen LogP contribution in [0.2, 0.25) is 0 Å². The average Bonchev–Trinajstić information content (AvgIpc) is 2.41. The van der Waals surface area contributed by atoms with Crippen LogP contribution in [0.25, 0.3) is 0 Å². The highest BCUT2D eigenvalue weighted by molar-refractivity contribution is 5.33. The van der Waals surface area contributed by atoms with Crippen molar-refractivity contribution in [1.82, 2.24) is 5.32 Å². The maximum absolute atomic E-state index is 13.8. The Kier molecular flexibility index (Phi) is 4.11. The van der Waals surface area contributed by atoms with Crippen molar-refractivity contribution >= 4 is 0 Å². The van der Waals surface area contributed by atoms with E-state index in [-0.39, 0.29) is 17.4 Å². The lowest BCUT2D eigenvalue weighted by atomic mass is 10.0. The van der Waals surface area contributed by atoms with E-state index in [1.807, 2.05) is 0 Å². The van der Waals surface area contributed by atoms with Crippen LogP contribution in [-0.4, -0.2) is 32.9 Å². The van der Waals surface area contributed by atoms with Gasteiger partial charge in [0, 0.05) is 24.7 Å². The molecule has 6 heteroatoms. The second kappa shape index (κ2) is 5.60. The largest absolute Gasteiger partial charge is 0.494 e. The standard InChI is InChI=1S/C12H16F2N2O2/c1-17-10-5-8(13)7(4-9(10)14)12(15)11-6-16-2-3-18-11/h4-5,11-12,16H,2-3,6,15H2,1H3. The van der Waals surface area contributed by atoms with Gasteiger partial charge in [0.1, 0.15) is 5.82 Å². The monoisotopic (exact) mass is 258 g/mol. The Balaban J connectivity index is 2.23. The van der Waals surface area contributed by atoms with E-state index in [9.17, 15) is 8.78 Å². The van der Waals surface area contributed by atoms with E-state index < -0.39 is 17.7 Å². The van der Waals surface area contributed by atoms with Crippen LogP contribution in [0.3, 0.4) is 0 Å². The SMILES string of the molecule is COc1cc(F)c(C(N)C2CNCCO2)cc1F. The van der Waals surface area contributed by atoms with Gasteiger partial charge in [0.05, 0.1) is 25.9 Å². The van der Waals surface area contributed by atoms with Gasteiger partial charge in [0.25, 0.3) is 0 Å². The first-order valence-electron chi connectivity index (χ1n) is 5.74. The molecule has 0 saturated carbocycles. The molecular formula is C12H16F2N2O2. The maximum Gasteiger partial charge on any atom is 0.165 e. The Bertz CT molecular complexity index is 423. The van der Waals surface area contributed by atoms with Crippen molar-refractivity contribution in [2.45, 2.75) is 12.1 Å². The van der Waals surface area contributed by atoms with Crippen molar-refractivity contribution in [1.29, 1.82) is 0 Å². The molecular weight excluding hydrogens is 242 g/mol. The molecule has 0 bridgehead atoms. The molecule has 2 atom stereocenters. The van der Waals surface area contributed by atoms with Gasteiger partial charge >= 0.3 is 0 Å². The molecule has 1 saturated heterocycles. The van der Waals surface area contributed by atoms with Crippen molar-refractivity contribution in [3.05, 3.63) is 29.3 Å². The van der Waals surface area contributed by atoms with Crippen LogP contribution < -0.4 is 15.8 Å². The van der Waals surface area contributed by atoms with Gasteiger partial charge in [-0.3, -0.25) is 0 Å². The molecule has 2 unspecified atom stereocenters. The number of rotatable bonds is 3. The van der Waals surface area contributed by atoms with Gasteiger partial charge in [-0.2, -0.15) is 0 Å². The van der Waals surface area contributed by atoms with Crippen LogP contribution in [0, 0.1) is 11.6 Å². The molecule has 1 aromatic carbocycles. The number of nitrogens with one attached hydrogen (secondary N) is 1. The summed E-state index contributed by atoms with van der Waals surface area (Å²) in [7, 11) is 1.28. The van der Waals surface area contributed by atoms with Crippen LogP contribution in [0.4, 0.5) is 8.78 Å². The van der Waals surface area contributed by atoms with Gasteiger partial charge in [-0.05, 0) is 6.07 Å². The third-order valence-electron chi connectivity index (χ3n) is 2.99. The van der Waals surface area contributed by atoms with Crippen LogP contribution >= 0.6 is 0 Å². The van der Waals surface area contributed by atoms with Gasteiger partial charge in [-0.1, -0.05) is 0 Å². The highest BCUT2D eigenvalue weighted by Gasteiger charge is 2.26. The van der Waals surface area contributed by atoms with Crippen LogP contribution in [-0.2, 0) is 4.74 Å². The summed E-state index contributed by atoms with van der Waals surface area (Å²) < 4.78 is 37.5. The van der Waals surface area contributed by atoms with E-state index in [1.54, 1.807) is 0 Å². The van der Waals surface area contributed by atoms with Crippen molar-refractivity contribution < 1.29 is 18.3 Å². The van der Waals surface area contributed by atoms with E-state index in [4.69, 9.17) is 15.2 Å². The lowest BCUT2D eigenvalue weighted by Crippen LogP contribution is -2.44. The zero-order chi connectivity index (χ0) is 13.1. The van der Waals surface area contributed by atoms with E-state index in [0.717, 1.165) is 18.7 Å². The Hall–Kier alpha value is -1.24. The summed E-state index contributed by atoms with van der Waals surface area (Å²) in [5.41, 5.74) is 6.02. The topological polar surface area (TPSA) is 56.5 Å². The summed E-state index contributed by atoms with van der Waals surface area (Å²) in [4.78, 5) is 0. The zero-order valence-corrected chi connectivity index (χ0v) is 10.1. The maximum atomic E-state index is 13.8. The Morgan fingerprint density at radius 1 is 1.44 bits per heavy atom. The molecule has 2 rings (SSSR count). The minimum absolute atomic E-state index is 0.0991. The Morgan fingerprint density at radius 2 is 2.22 bits per heavy atom. The molecule has 0 radical (unpaired) electrons. The molecule has 100 valence electrons. The molecule has 1 heterocycles. The third-order valence-corrected chi connectivity index (χ3v) is 2.99. The first kappa shape index (κ1) is 13.2. The quantitative estimate of drug-likeness (QED) is 0.848. The van der Waals surface area contributed by atoms with Crippen molar-refractivity contribution in [3.8, 4) is 5.75 Å². The molecule has 0 amide bonds. The molecule has 1 aliphatic heterocycles. The molecule has 3 N–H and O–H groups in total. The van der Waals surface area contributed by atoms with Crippen LogP contribution in [0.15, 0.2) is 12.1 Å². The number of hydrogen-bond acceptors (Lipinski definition) is 4. The molecule has 1 aromatic rings. The summed E-state index contributed by atoms with van der Waals surface area (Å²) >= 11 is 0. The first-order valence-corrected chi connectivity index (χ1v) is 5.74. The van der Waals surface area contributed by atoms with Gasteiger partial charge in [-0.25, -0.2) is 8.78 Å². The van der Waals surface area contributed by atoms with Gasteiger partial charge in [0.2, 0.25) is 0 Å². The molecule has 0 aromatic heterocycles. The van der Waals surface area contributed by atoms with E-state index in [0.29, 0.717) is 13.2 Å². The smallest absolute Gasteiger partial charge is 0.165 e. The predicted molar refractivity (Wildman–Crippen MR) is 62.4 cm³/mol. The fourth-order valence-corrected chi connectivity index (χ4v) is 1.97. The molecule has 4 nitrogen and oxygen atoms in total. The van der Waals surface area contributed by atoms with Crippen molar-refractivity contribution in [3.63, 3.8) is 0 Å². The Morgan fingerprint density at radius 3 is 2.83 bits per heavy atom. The van der Waals surface area contributed by atoms with E-state index in [1.165, 1.54) is 7.11 Å². The Labute approximate surface area is 104 Å². The van der Waals surface area contributed by atoms with Crippen molar-refractivity contribution in [2.75, 3.05) is 26.8 Å². The summed E-state index contributed by atoms with van der Waals surface area (Å²) in [6.45, 7) is 1.77. The fraction of sp³-hybridized carbons (Fsp3) is 0.500. The minimum Gasteiger partial charge on any atom is -0.494 e. The lowest BCUT2D eigenvalue weighted by molar-refractivity contribution is 0.0115. The van der Waals surface area contributed by atoms with Crippen molar-refractivity contribution in [2.24, 2.45) is 5.73 Å². The average molecular weight is 258 g/mol. The van der Waals surface area contributed by atoms with Gasteiger partial charge in [0.15, 0.2) is 11.6 Å². The molecule has 1 aliphatic rings. The van der Waals surface area contributed by atoms with Crippen LogP contribution in [0.5, 0.6) is 5.75 Å². The number of nitrogens with two attached hydrogens (primary N) is 1. The fourth-order valence-electron chi connectivity index (χ4n) is 1.97. The third kappa shape index (κ3) is 2.60. The zero-order valence-electron chi connectivity index (χ0n) is 10.1. The summed E-state index contributed by atoms with van der Waals surface area (Å²) in [6, 6.07) is 1.36. The van der Waals surface area contributed by atoms with Crippen LogP contribution in [0.1, 0.15) is 11.6 Å². The number of ether oxygens (including phenoxy) is 2. The summed E-state index contributed by atoms with van der Waals surface area (Å²) in [6.07, 6.45) is -0.360. The van der Waals surface area contributed by atoms with E-state index >= 15 is 0 Å². The number of hydrogen-bond donors (Lipinski definition) is 2. The molecule has 0 spiro atoms. The first-order chi connectivity index (χ1) is 8.63. The second-order valence-electron chi connectivity index (χ2n) is 4.15. The van der Waals surface area contributed by atoms with Gasteiger partial charge < -0.3 is 20.5 Å². The lowest BCUT2D eigenvalue weighted by Gasteiger charge is -2.29. The second-order valence-corrected chi connectivity index (χ2v) is 4.15. The number of halogens is 2. The predicted octanol–water partition coefficient (Wildman–Crippen LogP) is 0.962.